The van der Waals surface area contributed by atoms with E-state index in [4.69, 9.17) is 11.5 Å². The number of amides is 1. The second-order valence-corrected chi connectivity index (χ2v) is 4.92. The highest BCUT2D eigenvalue weighted by Gasteiger charge is 2.12. The van der Waals surface area contributed by atoms with Crippen LogP contribution in [-0.2, 0) is 6.54 Å². The van der Waals surface area contributed by atoms with Crippen LogP contribution in [0.4, 0.5) is 11.4 Å². The molecule has 0 saturated carbocycles. The molecule has 1 aromatic carbocycles. The first-order valence-corrected chi connectivity index (χ1v) is 6.88. The Morgan fingerprint density at radius 3 is 2.67 bits per heavy atom. The van der Waals surface area contributed by atoms with Gasteiger partial charge in [0.2, 0.25) is 5.91 Å². The van der Waals surface area contributed by atoms with Crippen molar-refractivity contribution in [1.82, 2.24) is 4.98 Å². The molecule has 0 aliphatic heterocycles. The summed E-state index contributed by atoms with van der Waals surface area (Å²) in [5, 5.41) is 0. The third-order valence-electron chi connectivity index (χ3n) is 3.34. The molecule has 21 heavy (non-hydrogen) atoms. The summed E-state index contributed by atoms with van der Waals surface area (Å²) in [6.07, 6.45) is 0. The van der Waals surface area contributed by atoms with Gasteiger partial charge in [0.15, 0.2) is 0 Å². The van der Waals surface area contributed by atoms with Gasteiger partial charge < -0.3 is 16.4 Å². The number of primary amides is 1. The average molecular weight is 284 g/mol. The molecule has 110 valence electrons. The molecule has 1 aromatic heterocycles. The molecule has 0 unspecified atom stereocenters. The fourth-order valence-corrected chi connectivity index (χ4v) is 2.22. The Morgan fingerprint density at radius 2 is 2.05 bits per heavy atom. The maximum atomic E-state index is 11.3. The molecule has 2 rings (SSSR count). The van der Waals surface area contributed by atoms with Crippen LogP contribution in [0.2, 0.25) is 0 Å². The molecule has 2 aromatic rings. The highest BCUT2D eigenvalue weighted by molar-refractivity contribution is 5.95. The molecule has 0 radical (unpaired) electrons. The quantitative estimate of drug-likeness (QED) is 0.823. The summed E-state index contributed by atoms with van der Waals surface area (Å²) in [5.41, 5.74) is 15.2. The van der Waals surface area contributed by atoms with E-state index in [1.807, 2.05) is 32.0 Å². The number of hydrogen-bond acceptors (Lipinski definition) is 4. The summed E-state index contributed by atoms with van der Waals surface area (Å²) in [6.45, 7) is 5.38. The molecule has 0 aliphatic rings. The van der Waals surface area contributed by atoms with E-state index in [0.717, 1.165) is 23.6 Å². The summed E-state index contributed by atoms with van der Waals surface area (Å²) in [5.74, 6) is -0.457. The van der Waals surface area contributed by atoms with Crippen molar-refractivity contribution in [3.63, 3.8) is 0 Å². The fraction of sp³-hybridized carbons (Fsp3) is 0.250. The van der Waals surface area contributed by atoms with E-state index in [0.29, 0.717) is 17.8 Å². The highest BCUT2D eigenvalue weighted by atomic mass is 16.1. The topological polar surface area (TPSA) is 85.2 Å². The Hall–Kier alpha value is -2.56. The van der Waals surface area contributed by atoms with Crippen molar-refractivity contribution >= 4 is 17.3 Å². The Bertz CT molecular complexity index is 654. The van der Waals surface area contributed by atoms with Crippen molar-refractivity contribution in [2.45, 2.75) is 20.4 Å². The van der Waals surface area contributed by atoms with Crippen LogP contribution in [0.1, 0.15) is 28.7 Å². The van der Waals surface area contributed by atoms with Crippen molar-refractivity contribution < 1.29 is 4.79 Å². The normalized spacial score (nSPS) is 10.4. The van der Waals surface area contributed by atoms with Gasteiger partial charge in [-0.3, -0.25) is 9.78 Å². The molecule has 1 heterocycles. The molecule has 4 N–H and O–H groups in total. The summed E-state index contributed by atoms with van der Waals surface area (Å²) in [6, 6.07) is 11.0. The van der Waals surface area contributed by atoms with Crippen LogP contribution < -0.4 is 16.4 Å². The van der Waals surface area contributed by atoms with Crippen LogP contribution in [-0.4, -0.2) is 17.4 Å². The monoisotopic (exact) mass is 284 g/mol. The second kappa shape index (κ2) is 6.26. The zero-order chi connectivity index (χ0) is 15.4. The van der Waals surface area contributed by atoms with Crippen LogP contribution in [0.25, 0.3) is 0 Å². The van der Waals surface area contributed by atoms with E-state index in [1.165, 1.54) is 0 Å². The predicted octanol–water partition coefficient (Wildman–Crippen LogP) is 2.10. The van der Waals surface area contributed by atoms with E-state index in [-0.39, 0.29) is 0 Å². The molecule has 1 amide bonds. The van der Waals surface area contributed by atoms with Gasteiger partial charge in [-0.1, -0.05) is 6.07 Å². The van der Waals surface area contributed by atoms with E-state index in [9.17, 15) is 4.79 Å². The van der Waals surface area contributed by atoms with Gasteiger partial charge in [-0.15, -0.1) is 0 Å². The molecule has 0 spiro atoms. The zero-order valence-corrected chi connectivity index (χ0v) is 12.3. The van der Waals surface area contributed by atoms with Gasteiger partial charge >= 0.3 is 0 Å². The maximum absolute atomic E-state index is 11.3. The van der Waals surface area contributed by atoms with E-state index in [2.05, 4.69) is 9.88 Å². The number of rotatable bonds is 5. The summed E-state index contributed by atoms with van der Waals surface area (Å²) in [4.78, 5) is 17.9. The SMILES string of the molecule is CCN(Cc1cccc(C)n1)c1cc(C(N)=O)ccc1N. The largest absolute Gasteiger partial charge is 0.397 e. The van der Waals surface area contributed by atoms with Gasteiger partial charge in [-0.2, -0.15) is 0 Å². The number of nitrogen functional groups attached to an aromatic ring is 1. The number of benzene rings is 1. The third-order valence-corrected chi connectivity index (χ3v) is 3.34. The van der Waals surface area contributed by atoms with Crippen LogP contribution in [0.3, 0.4) is 0 Å². The molecule has 0 aliphatic carbocycles. The maximum Gasteiger partial charge on any atom is 0.248 e. The smallest absolute Gasteiger partial charge is 0.248 e. The Balaban J connectivity index is 2.32. The lowest BCUT2D eigenvalue weighted by atomic mass is 10.1. The van der Waals surface area contributed by atoms with Gasteiger partial charge in [-0.25, -0.2) is 0 Å². The highest BCUT2D eigenvalue weighted by Crippen LogP contribution is 2.25. The molecule has 0 atom stereocenters. The number of aryl methyl sites for hydroxylation is 1. The Morgan fingerprint density at radius 1 is 1.29 bits per heavy atom. The minimum absolute atomic E-state index is 0.454. The number of aromatic nitrogens is 1. The second-order valence-electron chi connectivity index (χ2n) is 4.92. The summed E-state index contributed by atoms with van der Waals surface area (Å²) < 4.78 is 0. The number of carbonyl (C=O) groups excluding carboxylic acids is 1. The predicted molar refractivity (Wildman–Crippen MR) is 85.1 cm³/mol. The third kappa shape index (κ3) is 3.51. The first kappa shape index (κ1) is 14.8. The molecule has 0 bridgehead atoms. The molecule has 5 nitrogen and oxygen atoms in total. The molecular weight excluding hydrogens is 264 g/mol. The number of anilines is 2. The summed E-state index contributed by atoms with van der Waals surface area (Å²) >= 11 is 0. The Kier molecular flexibility index (Phi) is 4.42. The molecular formula is C16H20N4O. The van der Waals surface area contributed by atoms with Crippen molar-refractivity contribution in [2.75, 3.05) is 17.2 Å². The van der Waals surface area contributed by atoms with Gasteiger partial charge in [0.05, 0.1) is 23.6 Å². The lowest BCUT2D eigenvalue weighted by Gasteiger charge is -2.24. The van der Waals surface area contributed by atoms with Crippen molar-refractivity contribution in [2.24, 2.45) is 5.73 Å². The van der Waals surface area contributed by atoms with Crippen molar-refractivity contribution in [1.29, 1.82) is 0 Å². The number of nitrogens with two attached hydrogens (primary N) is 2. The lowest BCUT2D eigenvalue weighted by Crippen LogP contribution is -2.24. The number of carbonyl (C=O) groups is 1. The van der Waals surface area contributed by atoms with Crippen molar-refractivity contribution in [3.8, 4) is 0 Å². The number of nitrogens with zero attached hydrogens (tertiary/aromatic N) is 2. The zero-order valence-electron chi connectivity index (χ0n) is 12.3. The van der Waals surface area contributed by atoms with Gasteiger partial charge in [0.25, 0.3) is 0 Å². The minimum Gasteiger partial charge on any atom is -0.397 e. The van der Waals surface area contributed by atoms with E-state index in [1.54, 1.807) is 18.2 Å². The fourth-order valence-electron chi connectivity index (χ4n) is 2.22. The number of hydrogen-bond donors (Lipinski definition) is 2. The Labute approximate surface area is 124 Å². The van der Waals surface area contributed by atoms with Crippen LogP contribution in [0.15, 0.2) is 36.4 Å². The van der Waals surface area contributed by atoms with Crippen molar-refractivity contribution in [3.05, 3.63) is 53.3 Å². The molecule has 0 fully saturated rings. The molecule has 5 heteroatoms. The number of pyridine rings is 1. The first-order valence-electron chi connectivity index (χ1n) is 6.88. The average Bonchev–Trinajstić information content (AvgIpc) is 2.45. The standard InChI is InChI=1S/C16H20N4O/c1-3-20(10-13-6-4-5-11(2)19-13)15-9-12(16(18)21)7-8-14(15)17/h4-9H,3,10,17H2,1-2H3,(H2,18,21). The van der Waals surface area contributed by atoms with Crippen LogP contribution >= 0.6 is 0 Å². The molecule has 0 saturated heterocycles. The van der Waals surface area contributed by atoms with Gasteiger partial charge in [0.1, 0.15) is 0 Å². The van der Waals surface area contributed by atoms with E-state index >= 15 is 0 Å². The summed E-state index contributed by atoms with van der Waals surface area (Å²) in [7, 11) is 0. The lowest BCUT2D eigenvalue weighted by molar-refractivity contribution is 0.100. The van der Waals surface area contributed by atoms with Crippen LogP contribution in [0.5, 0.6) is 0 Å². The minimum atomic E-state index is -0.457. The van der Waals surface area contributed by atoms with Gasteiger partial charge in [0, 0.05) is 17.8 Å². The van der Waals surface area contributed by atoms with Crippen LogP contribution in [0, 0.1) is 6.92 Å². The van der Waals surface area contributed by atoms with Gasteiger partial charge in [-0.05, 0) is 44.2 Å². The first-order chi connectivity index (χ1) is 10.0. The van der Waals surface area contributed by atoms with E-state index < -0.39 is 5.91 Å².